The third-order valence-corrected chi connectivity index (χ3v) is 7.22. The zero-order chi connectivity index (χ0) is 21.9. The highest BCUT2D eigenvalue weighted by molar-refractivity contribution is 6.31. The molecule has 0 heterocycles. The van der Waals surface area contributed by atoms with Gasteiger partial charge < -0.3 is 11.5 Å². The van der Waals surface area contributed by atoms with Crippen LogP contribution in [-0.4, -0.2) is 0 Å². The van der Waals surface area contributed by atoms with Crippen molar-refractivity contribution in [1.29, 1.82) is 0 Å². The van der Waals surface area contributed by atoms with E-state index in [1.807, 2.05) is 38.1 Å². The Bertz CT molecular complexity index is 1250. The van der Waals surface area contributed by atoms with Gasteiger partial charge in [-0.25, -0.2) is 0 Å². The molecular formula is C27H22Cl2N2. The first-order valence-corrected chi connectivity index (χ1v) is 10.9. The Morgan fingerprint density at radius 3 is 1.39 bits per heavy atom. The van der Waals surface area contributed by atoms with Gasteiger partial charge >= 0.3 is 0 Å². The van der Waals surface area contributed by atoms with Crippen molar-refractivity contribution in [2.24, 2.45) is 0 Å². The second kappa shape index (κ2) is 7.05. The second-order valence-electron chi connectivity index (χ2n) is 8.29. The molecule has 5 rings (SSSR count). The van der Waals surface area contributed by atoms with Gasteiger partial charge in [-0.15, -0.1) is 0 Å². The minimum Gasteiger partial charge on any atom is -0.399 e. The van der Waals surface area contributed by atoms with E-state index in [9.17, 15) is 0 Å². The maximum Gasteiger partial charge on any atom is 0.0715 e. The molecule has 0 unspecified atom stereocenters. The number of aryl methyl sites for hydroxylation is 2. The van der Waals surface area contributed by atoms with Gasteiger partial charge in [-0.2, -0.15) is 0 Å². The molecule has 1 aliphatic rings. The van der Waals surface area contributed by atoms with Crippen LogP contribution in [0.25, 0.3) is 11.1 Å². The van der Waals surface area contributed by atoms with E-state index >= 15 is 0 Å². The summed E-state index contributed by atoms with van der Waals surface area (Å²) in [6, 6.07) is 24.7. The molecule has 0 atom stereocenters. The van der Waals surface area contributed by atoms with Gasteiger partial charge in [0.2, 0.25) is 0 Å². The fraction of sp³-hybridized carbons (Fsp3) is 0.111. The smallest absolute Gasteiger partial charge is 0.0715 e. The standard InChI is InChI=1S/C27H22Cl2N2/c1-15-11-17(3-9-25(15)28)27(18-4-10-26(29)16(2)12-18)23-13-19(30)5-7-21(23)22-8-6-20(31)14-24(22)27/h3-14H,30-31H2,1-2H3. The summed E-state index contributed by atoms with van der Waals surface area (Å²) < 4.78 is 0. The van der Waals surface area contributed by atoms with Gasteiger partial charge in [-0.1, -0.05) is 59.6 Å². The Labute approximate surface area is 192 Å². The summed E-state index contributed by atoms with van der Waals surface area (Å²) in [5.41, 5.74) is 22.4. The van der Waals surface area contributed by atoms with Crippen molar-refractivity contribution in [1.82, 2.24) is 0 Å². The van der Waals surface area contributed by atoms with Crippen LogP contribution in [0.5, 0.6) is 0 Å². The van der Waals surface area contributed by atoms with Gasteiger partial charge in [0.1, 0.15) is 0 Å². The average molecular weight is 445 g/mol. The summed E-state index contributed by atoms with van der Waals surface area (Å²) in [5.74, 6) is 0. The molecular weight excluding hydrogens is 423 g/mol. The van der Waals surface area contributed by atoms with Gasteiger partial charge in [0, 0.05) is 21.4 Å². The molecule has 0 aromatic heterocycles. The third kappa shape index (κ3) is 2.86. The maximum atomic E-state index is 6.42. The number of nitrogens with two attached hydrogens (primary N) is 2. The van der Waals surface area contributed by atoms with E-state index < -0.39 is 5.41 Å². The van der Waals surface area contributed by atoms with E-state index in [-0.39, 0.29) is 0 Å². The lowest BCUT2D eigenvalue weighted by Gasteiger charge is -2.34. The van der Waals surface area contributed by atoms with Gasteiger partial charge in [-0.05, 0) is 94.8 Å². The molecule has 0 saturated heterocycles. The van der Waals surface area contributed by atoms with E-state index in [4.69, 9.17) is 34.7 Å². The van der Waals surface area contributed by atoms with Gasteiger partial charge in [-0.3, -0.25) is 0 Å². The Balaban J connectivity index is 2.00. The predicted octanol–water partition coefficient (Wildman–Crippen LogP) is 7.14. The molecule has 0 spiro atoms. The van der Waals surface area contributed by atoms with E-state index in [1.54, 1.807) is 0 Å². The summed E-state index contributed by atoms with van der Waals surface area (Å²) in [6.45, 7) is 4.06. The quantitative estimate of drug-likeness (QED) is 0.284. The maximum absolute atomic E-state index is 6.42. The molecule has 1 aliphatic carbocycles. The largest absolute Gasteiger partial charge is 0.399 e. The van der Waals surface area contributed by atoms with Crippen molar-refractivity contribution in [2.75, 3.05) is 11.5 Å². The van der Waals surface area contributed by atoms with Crippen LogP contribution in [0.1, 0.15) is 33.4 Å². The van der Waals surface area contributed by atoms with Crippen LogP contribution in [0.4, 0.5) is 11.4 Å². The number of halogens is 2. The van der Waals surface area contributed by atoms with Crippen molar-refractivity contribution < 1.29 is 0 Å². The molecule has 0 amide bonds. The van der Waals surface area contributed by atoms with Crippen LogP contribution >= 0.6 is 23.2 Å². The first-order chi connectivity index (χ1) is 14.8. The highest BCUT2D eigenvalue weighted by Gasteiger charge is 2.46. The first kappa shape index (κ1) is 20.0. The van der Waals surface area contributed by atoms with Crippen LogP contribution in [-0.2, 0) is 5.41 Å². The second-order valence-corrected chi connectivity index (χ2v) is 9.10. The lowest BCUT2D eigenvalue weighted by atomic mass is 9.67. The predicted molar refractivity (Wildman–Crippen MR) is 132 cm³/mol. The fourth-order valence-electron chi connectivity index (χ4n) is 4.90. The average Bonchev–Trinajstić information content (AvgIpc) is 3.01. The van der Waals surface area contributed by atoms with Crippen LogP contribution in [0.3, 0.4) is 0 Å². The molecule has 4 aromatic carbocycles. The normalized spacial score (nSPS) is 13.7. The Morgan fingerprint density at radius 2 is 1.00 bits per heavy atom. The number of anilines is 2. The van der Waals surface area contributed by atoms with Crippen LogP contribution in [0.2, 0.25) is 10.0 Å². The summed E-state index contributed by atoms with van der Waals surface area (Å²) in [7, 11) is 0. The summed E-state index contributed by atoms with van der Waals surface area (Å²) in [4.78, 5) is 0. The molecule has 4 N–H and O–H groups in total. The molecule has 4 heteroatoms. The molecule has 0 fully saturated rings. The van der Waals surface area contributed by atoms with Crippen molar-refractivity contribution in [3.63, 3.8) is 0 Å². The van der Waals surface area contributed by atoms with Crippen LogP contribution in [0, 0.1) is 13.8 Å². The number of benzene rings is 4. The number of fused-ring (bicyclic) bond motifs is 3. The third-order valence-electron chi connectivity index (χ3n) is 6.37. The molecule has 154 valence electrons. The van der Waals surface area contributed by atoms with Crippen LogP contribution in [0.15, 0.2) is 72.8 Å². The van der Waals surface area contributed by atoms with Gasteiger partial charge in [0.05, 0.1) is 5.41 Å². The number of hydrogen-bond acceptors (Lipinski definition) is 2. The van der Waals surface area contributed by atoms with Crippen molar-refractivity contribution >= 4 is 34.6 Å². The summed E-state index contributed by atoms with van der Waals surface area (Å²) in [5, 5.41) is 1.48. The topological polar surface area (TPSA) is 52.0 Å². The summed E-state index contributed by atoms with van der Waals surface area (Å²) >= 11 is 12.8. The van der Waals surface area contributed by atoms with Crippen LogP contribution < -0.4 is 11.5 Å². The molecule has 31 heavy (non-hydrogen) atoms. The zero-order valence-electron chi connectivity index (χ0n) is 17.3. The monoisotopic (exact) mass is 444 g/mol. The Hall–Kier alpha value is -2.94. The highest BCUT2D eigenvalue weighted by Crippen LogP contribution is 2.57. The molecule has 0 bridgehead atoms. The molecule has 0 aliphatic heterocycles. The fourth-order valence-corrected chi connectivity index (χ4v) is 5.14. The lowest BCUT2D eigenvalue weighted by Crippen LogP contribution is -2.29. The van der Waals surface area contributed by atoms with E-state index in [0.717, 1.165) is 65.9 Å². The van der Waals surface area contributed by atoms with Gasteiger partial charge in [0.25, 0.3) is 0 Å². The first-order valence-electron chi connectivity index (χ1n) is 10.2. The molecule has 2 nitrogen and oxygen atoms in total. The van der Waals surface area contributed by atoms with Crippen molar-refractivity contribution in [2.45, 2.75) is 19.3 Å². The van der Waals surface area contributed by atoms with E-state index in [0.29, 0.717) is 0 Å². The number of nitrogen functional groups attached to an aromatic ring is 2. The zero-order valence-corrected chi connectivity index (χ0v) is 18.9. The van der Waals surface area contributed by atoms with Gasteiger partial charge in [0.15, 0.2) is 0 Å². The SMILES string of the molecule is Cc1cc(C2(c3ccc(Cl)c(C)c3)c3cc(N)ccc3-c3ccc(N)cc32)ccc1Cl. The minimum atomic E-state index is -0.583. The summed E-state index contributed by atoms with van der Waals surface area (Å²) in [6.07, 6.45) is 0. The Kier molecular flexibility index (Phi) is 4.55. The Morgan fingerprint density at radius 1 is 0.581 bits per heavy atom. The van der Waals surface area contributed by atoms with Crippen molar-refractivity contribution in [3.8, 4) is 11.1 Å². The van der Waals surface area contributed by atoms with E-state index in [1.165, 1.54) is 0 Å². The minimum absolute atomic E-state index is 0.583. The lowest BCUT2D eigenvalue weighted by molar-refractivity contribution is 0.767. The molecule has 0 saturated carbocycles. The molecule has 4 aromatic rings. The van der Waals surface area contributed by atoms with E-state index in [2.05, 4.69) is 48.5 Å². The molecule has 0 radical (unpaired) electrons. The number of rotatable bonds is 2. The van der Waals surface area contributed by atoms with Crippen molar-refractivity contribution in [3.05, 3.63) is 116 Å². The number of hydrogen-bond donors (Lipinski definition) is 2. The highest BCUT2D eigenvalue weighted by atomic mass is 35.5.